The molecule has 0 saturated carbocycles. The minimum Gasteiger partial charge on any atom is -0.394 e. The molecule has 0 bridgehead atoms. The Bertz CT molecular complexity index is 304. The summed E-state index contributed by atoms with van der Waals surface area (Å²) in [6.45, 7) is 3.58. The Balaban J connectivity index is 2.56. The van der Waals surface area contributed by atoms with Gasteiger partial charge in [-0.2, -0.15) is 13.2 Å². The van der Waals surface area contributed by atoms with E-state index in [0.29, 0.717) is 0 Å². The molecule has 1 N–H and O–H groups in total. The Labute approximate surface area is 104 Å². The first-order chi connectivity index (χ1) is 8.13. The minimum atomic E-state index is -4.33. The Kier molecular flexibility index (Phi) is 4.61. The summed E-state index contributed by atoms with van der Waals surface area (Å²) in [5, 5.41) is 9.04. The van der Waals surface area contributed by atoms with E-state index in [-0.39, 0.29) is 19.7 Å². The lowest BCUT2D eigenvalue weighted by Gasteiger charge is -2.42. The van der Waals surface area contributed by atoms with Crippen LogP contribution in [0.2, 0.25) is 0 Å². The van der Waals surface area contributed by atoms with Crippen molar-refractivity contribution >= 4 is 5.91 Å². The van der Waals surface area contributed by atoms with Gasteiger partial charge in [0, 0.05) is 19.5 Å². The lowest BCUT2D eigenvalue weighted by molar-refractivity contribution is -0.171. The molecule has 7 heteroatoms. The SMILES string of the molecule is CC1(C)CN(C(=O)CCC(F)(F)F)CC(CO)O1. The first-order valence-electron chi connectivity index (χ1n) is 5.76. The van der Waals surface area contributed by atoms with Gasteiger partial charge in [0.05, 0.1) is 24.7 Å². The summed E-state index contributed by atoms with van der Waals surface area (Å²) in [5.41, 5.74) is -0.653. The van der Waals surface area contributed by atoms with Crippen LogP contribution < -0.4 is 0 Å². The zero-order valence-corrected chi connectivity index (χ0v) is 10.5. The van der Waals surface area contributed by atoms with Crippen LogP contribution in [0.5, 0.6) is 0 Å². The lowest BCUT2D eigenvalue weighted by Crippen LogP contribution is -2.55. The maximum atomic E-state index is 12.0. The van der Waals surface area contributed by atoms with E-state index < -0.39 is 36.6 Å². The zero-order valence-electron chi connectivity index (χ0n) is 10.5. The second kappa shape index (κ2) is 5.44. The number of ether oxygens (including phenoxy) is 1. The summed E-state index contributed by atoms with van der Waals surface area (Å²) < 4.78 is 41.6. The lowest BCUT2D eigenvalue weighted by atomic mass is 10.0. The Morgan fingerprint density at radius 3 is 2.61 bits per heavy atom. The van der Waals surface area contributed by atoms with Gasteiger partial charge in [0.2, 0.25) is 5.91 Å². The van der Waals surface area contributed by atoms with Crippen LogP contribution in [0, 0.1) is 0 Å². The van der Waals surface area contributed by atoms with Crippen molar-refractivity contribution in [1.82, 2.24) is 4.90 Å². The molecule has 4 nitrogen and oxygen atoms in total. The van der Waals surface area contributed by atoms with Crippen molar-refractivity contribution in [2.45, 2.75) is 44.6 Å². The summed E-state index contributed by atoms with van der Waals surface area (Å²) in [5.74, 6) is -0.554. The van der Waals surface area contributed by atoms with E-state index in [4.69, 9.17) is 9.84 Å². The van der Waals surface area contributed by atoms with Crippen LogP contribution in [0.1, 0.15) is 26.7 Å². The zero-order chi connectivity index (χ0) is 14.0. The monoisotopic (exact) mass is 269 g/mol. The van der Waals surface area contributed by atoms with Crippen molar-refractivity contribution in [3.63, 3.8) is 0 Å². The van der Waals surface area contributed by atoms with Crippen LogP contribution in [0.3, 0.4) is 0 Å². The molecule has 0 aromatic rings. The number of aliphatic hydroxyl groups excluding tert-OH is 1. The van der Waals surface area contributed by atoms with Gasteiger partial charge < -0.3 is 14.7 Å². The van der Waals surface area contributed by atoms with Gasteiger partial charge in [-0.15, -0.1) is 0 Å². The highest BCUT2D eigenvalue weighted by atomic mass is 19.4. The largest absolute Gasteiger partial charge is 0.394 e. The average molecular weight is 269 g/mol. The van der Waals surface area contributed by atoms with Gasteiger partial charge in [0.1, 0.15) is 0 Å². The molecule has 1 rings (SSSR count). The van der Waals surface area contributed by atoms with Crippen LogP contribution >= 0.6 is 0 Å². The van der Waals surface area contributed by atoms with Gasteiger partial charge in [0.15, 0.2) is 0 Å². The highest BCUT2D eigenvalue weighted by Gasteiger charge is 2.36. The molecule has 1 unspecified atom stereocenters. The van der Waals surface area contributed by atoms with Crippen LogP contribution in [-0.2, 0) is 9.53 Å². The topological polar surface area (TPSA) is 49.8 Å². The molecule has 1 aliphatic rings. The van der Waals surface area contributed by atoms with Crippen LogP contribution in [0.25, 0.3) is 0 Å². The molecule has 0 radical (unpaired) electrons. The predicted octanol–water partition coefficient (Wildman–Crippen LogP) is 1.33. The molecular formula is C11H18F3NO3. The van der Waals surface area contributed by atoms with Gasteiger partial charge >= 0.3 is 6.18 Å². The van der Waals surface area contributed by atoms with E-state index in [1.165, 1.54) is 4.90 Å². The third kappa shape index (κ3) is 4.81. The second-order valence-electron chi connectivity index (χ2n) is 5.07. The third-order valence-corrected chi connectivity index (χ3v) is 2.66. The molecule has 1 aliphatic heterocycles. The first-order valence-corrected chi connectivity index (χ1v) is 5.76. The Morgan fingerprint density at radius 1 is 1.50 bits per heavy atom. The smallest absolute Gasteiger partial charge is 0.389 e. The van der Waals surface area contributed by atoms with E-state index in [9.17, 15) is 18.0 Å². The van der Waals surface area contributed by atoms with Gasteiger partial charge in [-0.05, 0) is 13.8 Å². The van der Waals surface area contributed by atoms with E-state index in [1.807, 2.05) is 0 Å². The normalized spacial score (nSPS) is 24.1. The number of morpholine rings is 1. The molecule has 1 heterocycles. The molecule has 18 heavy (non-hydrogen) atoms. The van der Waals surface area contributed by atoms with Crippen molar-refractivity contribution in [2.24, 2.45) is 0 Å². The molecular weight excluding hydrogens is 251 g/mol. The van der Waals surface area contributed by atoms with E-state index in [1.54, 1.807) is 13.8 Å². The number of hydrogen-bond acceptors (Lipinski definition) is 3. The highest BCUT2D eigenvalue weighted by molar-refractivity contribution is 5.76. The van der Waals surface area contributed by atoms with Gasteiger partial charge in [-0.3, -0.25) is 4.79 Å². The van der Waals surface area contributed by atoms with E-state index in [2.05, 4.69) is 0 Å². The number of carbonyl (C=O) groups is 1. The fourth-order valence-electron chi connectivity index (χ4n) is 1.99. The van der Waals surface area contributed by atoms with Crippen LogP contribution in [0.4, 0.5) is 13.2 Å². The summed E-state index contributed by atoms with van der Waals surface area (Å²) in [6.07, 6.45) is -6.54. The Morgan fingerprint density at radius 2 is 2.11 bits per heavy atom. The molecule has 0 spiro atoms. The maximum absolute atomic E-state index is 12.0. The number of rotatable bonds is 3. The number of hydrogen-bond donors (Lipinski definition) is 1. The number of nitrogens with zero attached hydrogens (tertiary/aromatic N) is 1. The standard InChI is InChI=1S/C11H18F3NO3/c1-10(2)7-15(5-8(6-16)18-10)9(17)3-4-11(12,13)14/h8,16H,3-7H2,1-2H3. The summed E-state index contributed by atoms with van der Waals surface area (Å²) in [4.78, 5) is 13.0. The van der Waals surface area contributed by atoms with Gasteiger partial charge in [0.25, 0.3) is 0 Å². The summed E-state index contributed by atoms with van der Waals surface area (Å²) >= 11 is 0. The summed E-state index contributed by atoms with van der Waals surface area (Å²) in [7, 11) is 0. The van der Waals surface area contributed by atoms with Crippen molar-refractivity contribution in [3.05, 3.63) is 0 Å². The molecule has 1 saturated heterocycles. The highest BCUT2D eigenvalue weighted by Crippen LogP contribution is 2.25. The Hall–Kier alpha value is -0.820. The maximum Gasteiger partial charge on any atom is 0.389 e. The summed E-state index contributed by atoms with van der Waals surface area (Å²) in [6, 6.07) is 0. The molecule has 0 aromatic carbocycles. The average Bonchev–Trinajstić information content (AvgIpc) is 2.22. The molecule has 0 aromatic heterocycles. The predicted molar refractivity (Wildman–Crippen MR) is 57.9 cm³/mol. The molecule has 1 amide bonds. The number of alkyl halides is 3. The molecule has 0 aliphatic carbocycles. The fourth-order valence-corrected chi connectivity index (χ4v) is 1.99. The molecule has 1 atom stereocenters. The van der Waals surface area contributed by atoms with Crippen LogP contribution in [0.15, 0.2) is 0 Å². The number of carbonyl (C=O) groups excluding carboxylic acids is 1. The van der Waals surface area contributed by atoms with Crippen molar-refractivity contribution in [1.29, 1.82) is 0 Å². The quantitative estimate of drug-likeness (QED) is 0.841. The van der Waals surface area contributed by atoms with E-state index in [0.717, 1.165) is 0 Å². The second-order valence-corrected chi connectivity index (χ2v) is 5.07. The third-order valence-electron chi connectivity index (χ3n) is 2.66. The van der Waals surface area contributed by atoms with Crippen molar-refractivity contribution in [3.8, 4) is 0 Å². The fraction of sp³-hybridized carbons (Fsp3) is 0.909. The number of halogens is 3. The van der Waals surface area contributed by atoms with Gasteiger partial charge in [-0.1, -0.05) is 0 Å². The van der Waals surface area contributed by atoms with Crippen molar-refractivity contribution in [2.75, 3.05) is 19.7 Å². The minimum absolute atomic E-state index is 0.136. The number of aliphatic hydroxyl groups is 1. The van der Waals surface area contributed by atoms with E-state index >= 15 is 0 Å². The van der Waals surface area contributed by atoms with Gasteiger partial charge in [-0.25, -0.2) is 0 Å². The molecule has 1 fully saturated rings. The van der Waals surface area contributed by atoms with Crippen molar-refractivity contribution < 1.29 is 27.8 Å². The first kappa shape index (κ1) is 15.2. The molecule has 106 valence electrons. The number of amides is 1. The van der Waals surface area contributed by atoms with Crippen LogP contribution in [-0.4, -0.2) is 53.5 Å².